The van der Waals surface area contributed by atoms with Crippen LogP contribution in [0.5, 0.6) is 0 Å². The Morgan fingerprint density at radius 2 is 1.73 bits per heavy atom. The summed E-state index contributed by atoms with van der Waals surface area (Å²) >= 11 is 3.45. The number of halogens is 4. The first-order chi connectivity index (χ1) is 12.3. The normalized spacial score (nSPS) is 13.2. The lowest BCUT2D eigenvalue weighted by atomic mass is 9.98. The van der Waals surface area contributed by atoms with Crippen molar-refractivity contribution >= 4 is 15.9 Å². The van der Waals surface area contributed by atoms with Crippen LogP contribution < -0.4 is 0 Å². The second-order valence-corrected chi connectivity index (χ2v) is 7.47. The maximum Gasteiger partial charge on any atom is 0.416 e. The van der Waals surface area contributed by atoms with Crippen molar-refractivity contribution in [3.8, 4) is 0 Å². The SMILES string of the molecule is Cc1c(CN(CCCBr)C[C@@H](C)c2ccccc2)cccc1C(F)(F)F. The van der Waals surface area contributed by atoms with Gasteiger partial charge in [-0.05, 0) is 48.6 Å². The van der Waals surface area contributed by atoms with Crippen molar-refractivity contribution < 1.29 is 13.2 Å². The van der Waals surface area contributed by atoms with Crippen LogP contribution in [-0.4, -0.2) is 23.3 Å². The van der Waals surface area contributed by atoms with Crippen LogP contribution in [0, 0.1) is 6.92 Å². The van der Waals surface area contributed by atoms with Crippen molar-refractivity contribution in [2.75, 3.05) is 18.4 Å². The molecule has 0 fully saturated rings. The van der Waals surface area contributed by atoms with Crippen LogP contribution in [-0.2, 0) is 12.7 Å². The van der Waals surface area contributed by atoms with Crippen molar-refractivity contribution in [1.82, 2.24) is 4.90 Å². The van der Waals surface area contributed by atoms with E-state index in [1.807, 2.05) is 18.2 Å². The van der Waals surface area contributed by atoms with E-state index in [0.717, 1.165) is 36.5 Å². The molecule has 1 atom stereocenters. The van der Waals surface area contributed by atoms with Gasteiger partial charge in [0.15, 0.2) is 0 Å². The summed E-state index contributed by atoms with van der Waals surface area (Å²) in [4.78, 5) is 2.25. The molecular weight excluding hydrogens is 403 g/mol. The zero-order valence-electron chi connectivity index (χ0n) is 15.2. The second-order valence-electron chi connectivity index (χ2n) is 6.68. The lowest BCUT2D eigenvalue weighted by molar-refractivity contribution is -0.138. The minimum Gasteiger partial charge on any atom is -0.298 e. The molecule has 0 aliphatic heterocycles. The Balaban J connectivity index is 2.18. The van der Waals surface area contributed by atoms with Crippen molar-refractivity contribution in [2.45, 2.75) is 38.9 Å². The fraction of sp³-hybridized carbons (Fsp3) is 0.429. The lowest BCUT2D eigenvalue weighted by Gasteiger charge is -2.27. The Bertz CT molecular complexity index is 685. The Kier molecular flexibility index (Phi) is 7.71. The summed E-state index contributed by atoms with van der Waals surface area (Å²) < 4.78 is 39.5. The van der Waals surface area contributed by atoms with Gasteiger partial charge in [0.1, 0.15) is 0 Å². The summed E-state index contributed by atoms with van der Waals surface area (Å²) in [6.45, 7) is 5.92. The van der Waals surface area contributed by atoms with E-state index in [2.05, 4.69) is 39.9 Å². The van der Waals surface area contributed by atoms with Crippen LogP contribution in [0.15, 0.2) is 48.5 Å². The molecule has 0 bridgehead atoms. The highest BCUT2D eigenvalue weighted by atomic mass is 79.9. The summed E-state index contributed by atoms with van der Waals surface area (Å²) in [7, 11) is 0. The van der Waals surface area contributed by atoms with Gasteiger partial charge in [0.05, 0.1) is 5.56 Å². The molecule has 0 unspecified atom stereocenters. The fourth-order valence-electron chi connectivity index (χ4n) is 3.20. The van der Waals surface area contributed by atoms with Gasteiger partial charge in [0.2, 0.25) is 0 Å². The van der Waals surface area contributed by atoms with Crippen LogP contribution in [0.3, 0.4) is 0 Å². The maximum absolute atomic E-state index is 13.2. The van der Waals surface area contributed by atoms with Crippen molar-refractivity contribution in [1.29, 1.82) is 0 Å². The Morgan fingerprint density at radius 3 is 2.35 bits per heavy atom. The van der Waals surface area contributed by atoms with Gasteiger partial charge in [-0.3, -0.25) is 4.90 Å². The molecule has 142 valence electrons. The number of alkyl halides is 4. The third kappa shape index (κ3) is 5.85. The molecule has 0 spiro atoms. The van der Waals surface area contributed by atoms with E-state index in [9.17, 15) is 13.2 Å². The zero-order chi connectivity index (χ0) is 19.2. The standard InChI is InChI=1S/C21H25BrF3N/c1-16(18-8-4-3-5-9-18)14-26(13-7-12-22)15-19-10-6-11-20(17(19)2)21(23,24)25/h3-6,8-11,16H,7,12-15H2,1-2H3/t16-/m1/s1. The predicted molar refractivity (Wildman–Crippen MR) is 105 cm³/mol. The van der Waals surface area contributed by atoms with Gasteiger partial charge in [-0.15, -0.1) is 0 Å². The van der Waals surface area contributed by atoms with Gasteiger partial charge < -0.3 is 0 Å². The minimum absolute atomic E-state index is 0.317. The highest BCUT2D eigenvalue weighted by molar-refractivity contribution is 9.09. The summed E-state index contributed by atoms with van der Waals surface area (Å²) in [6, 6.07) is 14.7. The van der Waals surface area contributed by atoms with Gasteiger partial charge in [0.25, 0.3) is 0 Å². The predicted octanol–water partition coefficient (Wildman–Crippen LogP) is 6.40. The molecule has 0 amide bonds. The number of nitrogens with zero attached hydrogens (tertiary/aromatic N) is 1. The van der Waals surface area contributed by atoms with Crippen LogP contribution in [0.2, 0.25) is 0 Å². The quantitative estimate of drug-likeness (QED) is 0.440. The summed E-state index contributed by atoms with van der Waals surface area (Å²) in [5, 5.41) is 0.880. The summed E-state index contributed by atoms with van der Waals surface area (Å²) in [6.07, 6.45) is -3.35. The zero-order valence-corrected chi connectivity index (χ0v) is 16.8. The van der Waals surface area contributed by atoms with Crippen molar-refractivity contribution in [2.24, 2.45) is 0 Å². The van der Waals surface area contributed by atoms with E-state index in [0.29, 0.717) is 18.0 Å². The summed E-state index contributed by atoms with van der Waals surface area (Å²) in [5.74, 6) is 0.317. The Labute approximate surface area is 162 Å². The van der Waals surface area contributed by atoms with Gasteiger partial charge in [-0.1, -0.05) is 65.3 Å². The van der Waals surface area contributed by atoms with E-state index in [4.69, 9.17) is 0 Å². The molecule has 26 heavy (non-hydrogen) atoms. The molecule has 0 radical (unpaired) electrons. The van der Waals surface area contributed by atoms with Gasteiger partial charge in [-0.25, -0.2) is 0 Å². The molecule has 2 aromatic rings. The minimum atomic E-state index is -4.31. The first kappa shape index (κ1) is 21.0. The molecule has 0 saturated carbocycles. The number of hydrogen-bond donors (Lipinski definition) is 0. The first-order valence-corrected chi connectivity index (χ1v) is 9.94. The van der Waals surface area contributed by atoms with E-state index >= 15 is 0 Å². The largest absolute Gasteiger partial charge is 0.416 e. The average molecular weight is 428 g/mol. The fourth-order valence-corrected chi connectivity index (χ4v) is 3.45. The molecule has 0 N–H and O–H groups in total. The highest BCUT2D eigenvalue weighted by Crippen LogP contribution is 2.33. The summed E-state index contributed by atoms with van der Waals surface area (Å²) in [5.41, 5.74) is 1.79. The molecule has 0 heterocycles. The smallest absolute Gasteiger partial charge is 0.298 e. The average Bonchev–Trinajstić information content (AvgIpc) is 2.61. The Hall–Kier alpha value is -1.33. The van der Waals surface area contributed by atoms with Crippen LogP contribution >= 0.6 is 15.9 Å². The monoisotopic (exact) mass is 427 g/mol. The van der Waals surface area contributed by atoms with Crippen LogP contribution in [0.4, 0.5) is 13.2 Å². The van der Waals surface area contributed by atoms with Crippen LogP contribution in [0.25, 0.3) is 0 Å². The van der Waals surface area contributed by atoms with Crippen LogP contribution in [0.1, 0.15) is 41.5 Å². The third-order valence-corrected chi connectivity index (χ3v) is 5.21. The molecule has 2 rings (SSSR count). The maximum atomic E-state index is 13.2. The highest BCUT2D eigenvalue weighted by Gasteiger charge is 2.32. The van der Waals surface area contributed by atoms with Crippen molar-refractivity contribution in [3.05, 3.63) is 70.8 Å². The van der Waals surface area contributed by atoms with E-state index in [1.165, 1.54) is 11.6 Å². The molecule has 1 nitrogen and oxygen atoms in total. The van der Waals surface area contributed by atoms with E-state index in [1.54, 1.807) is 13.0 Å². The topological polar surface area (TPSA) is 3.24 Å². The molecule has 2 aromatic carbocycles. The molecule has 5 heteroatoms. The molecule has 0 aliphatic rings. The molecule has 0 aliphatic carbocycles. The number of rotatable bonds is 8. The van der Waals surface area contributed by atoms with Gasteiger partial charge in [-0.2, -0.15) is 13.2 Å². The lowest BCUT2D eigenvalue weighted by Crippen LogP contribution is -2.29. The third-order valence-electron chi connectivity index (χ3n) is 4.65. The van der Waals surface area contributed by atoms with Crippen molar-refractivity contribution in [3.63, 3.8) is 0 Å². The van der Waals surface area contributed by atoms with Gasteiger partial charge >= 0.3 is 6.18 Å². The van der Waals surface area contributed by atoms with E-state index in [-0.39, 0.29) is 0 Å². The number of benzene rings is 2. The number of hydrogen-bond acceptors (Lipinski definition) is 1. The molecule has 0 aromatic heterocycles. The van der Waals surface area contributed by atoms with Gasteiger partial charge in [0, 0.05) is 18.4 Å². The molecule has 0 saturated heterocycles. The second kappa shape index (κ2) is 9.56. The molecular formula is C21H25BrF3N. The Morgan fingerprint density at radius 1 is 1.04 bits per heavy atom. The first-order valence-electron chi connectivity index (χ1n) is 8.82. The van der Waals surface area contributed by atoms with E-state index < -0.39 is 11.7 Å².